The zero-order valence-electron chi connectivity index (χ0n) is 11.3. The van der Waals surface area contributed by atoms with E-state index in [-0.39, 0.29) is 0 Å². The first kappa shape index (κ1) is 12.4. The summed E-state index contributed by atoms with van der Waals surface area (Å²) >= 11 is 0. The Bertz CT molecular complexity index is 215. The van der Waals surface area contributed by atoms with Gasteiger partial charge in [-0.1, -0.05) is 12.8 Å². The number of hydrogen-bond donors (Lipinski definition) is 1. The molecule has 2 rings (SSSR count). The van der Waals surface area contributed by atoms with E-state index in [1.807, 2.05) is 0 Å². The van der Waals surface area contributed by atoms with Crippen LogP contribution in [0.2, 0.25) is 0 Å². The van der Waals surface area contributed by atoms with Crippen molar-refractivity contribution in [3.05, 3.63) is 0 Å². The Morgan fingerprint density at radius 3 is 2.38 bits per heavy atom. The SMILES string of the molecule is CNC(CCC1CC1)C(C)(C)N1CCCC1. The first-order valence-corrected chi connectivity index (χ1v) is 7.07. The van der Waals surface area contributed by atoms with E-state index >= 15 is 0 Å². The molecule has 1 saturated heterocycles. The van der Waals surface area contributed by atoms with Gasteiger partial charge in [0.2, 0.25) is 0 Å². The lowest BCUT2D eigenvalue weighted by molar-refractivity contribution is 0.104. The molecule has 2 nitrogen and oxygen atoms in total. The number of rotatable bonds is 6. The molecule has 16 heavy (non-hydrogen) atoms. The largest absolute Gasteiger partial charge is 0.315 e. The Morgan fingerprint density at radius 2 is 1.88 bits per heavy atom. The molecular weight excluding hydrogens is 196 g/mol. The molecule has 1 unspecified atom stereocenters. The van der Waals surface area contributed by atoms with Crippen molar-refractivity contribution in [2.24, 2.45) is 5.92 Å². The Balaban J connectivity index is 1.88. The second-order valence-electron chi connectivity index (χ2n) is 6.21. The number of likely N-dealkylation sites (N-methyl/N-ethyl adjacent to an activating group) is 1. The third-order valence-electron chi connectivity index (χ3n) is 4.68. The summed E-state index contributed by atoms with van der Waals surface area (Å²) in [6.45, 7) is 7.45. The van der Waals surface area contributed by atoms with Gasteiger partial charge >= 0.3 is 0 Å². The van der Waals surface area contributed by atoms with Crippen molar-refractivity contribution in [3.8, 4) is 0 Å². The molecule has 0 aromatic carbocycles. The van der Waals surface area contributed by atoms with Gasteiger partial charge in [-0.3, -0.25) is 4.90 Å². The van der Waals surface area contributed by atoms with Crippen molar-refractivity contribution in [2.75, 3.05) is 20.1 Å². The van der Waals surface area contributed by atoms with E-state index in [1.54, 1.807) is 0 Å². The highest BCUT2D eigenvalue weighted by molar-refractivity contribution is 4.95. The predicted octanol–water partition coefficient (Wildman–Crippen LogP) is 2.64. The molecule has 1 saturated carbocycles. The normalized spacial score (nSPS) is 24.9. The van der Waals surface area contributed by atoms with E-state index in [2.05, 4.69) is 31.1 Å². The zero-order valence-corrected chi connectivity index (χ0v) is 11.3. The van der Waals surface area contributed by atoms with Gasteiger partial charge in [-0.05, 0) is 65.6 Å². The van der Waals surface area contributed by atoms with Crippen molar-refractivity contribution in [1.82, 2.24) is 10.2 Å². The van der Waals surface area contributed by atoms with Crippen molar-refractivity contribution < 1.29 is 0 Å². The first-order chi connectivity index (χ1) is 7.64. The van der Waals surface area contributed by atoms with Crippen molar-refractivity contribution >= 4 is 0 Å². The standard InChI is InChI=1S/C14H28N2/c1-14(2,16-10-4-5-11-16)13(15-3)9-8-12-6-7-12/h12-13,15H,4-11H2,1-3H3. The predicted molar refractivity (Wildman–Crippen MR) is 69.7 cm³/mol. The average Bonchev–Trinajstić information content (AvgIpc) is 2.91. The second kappa shape index (κ2) is 5.05. The maximum absolute atomic E-state index is 3.56. The molecule has 1 atom stereocenters. The van der Waals surface area contributed by atoms with Crippen molar-refractivity contribution in [3.63, 3.8) is 0 Å². The van der Waals surface area contributed by atoms with E-state index in [0.717, 1.165) is 5.92 Å². The molecule has 0 amide bonds. The molecule has 2 fully saturated rings. The molecule has 1 N–H and O–H groups in total. The fourth-order valence-electron chi connectivity index (χ4n) is 3.17. The van der Waals surface area contributed by atoms with Crippen molar-refractivity contribution in [1.29, 1.82) is 0 Å². The fraction of sp³-hybridized carbons (Fsp3) is 1.00. The van der Waals surface area contributed by atoms with Crippen LogP contribution >= 0.6 is 0 Å². The van der Waals surface area contributed by atoms with Crippen LogP contribution in [-0.2, 0) is 0 Å². The summed E-state index contributed by atoms with van der Waals surface area (Å²) in [7, 11) is 2.13. The van der Waals surface area contributed by atoms with Gasteiger partial charge in [-0.25, -0.2) is 0 Å². The van der Waals surface area contributed by atoms with Crippen LogP contribution in [0.5, 0.6) is 0 Å². The van der Waals surface area contributed by atoms with Crippen LogP contribution in [0.3, 0.4) is 0 Å². The molecule has 94 valence electrons. The van der Waals surface area contributed by atoms with Crippen molar-refractivity contribution in [2.45, 2.75) is 64.0 Å². The van der Waals surface area contributed by atoms with Gasteiger partial charge in [0.05, 0.1) is 0 Å². The minimum absolute atomic E-state index is 0.333. The van der Waals surface area contributed by atoms with Gasteiger partial charge < -0.3 is 5.32 Å². The molecule has 0 aromatic heterocycles. The average molecular weight is 224 g/mol. The number of likely N-dealkylation sites (tertiary alicyclic amines) is 1. The highest BCUT2D eigenvalue weighted by atomic mass is 15.2. The molecule has 0 radical (unpaired) electrons. The van der Waals surface area contributed by atoms with Gasteiger partial charge in [0.1, 0.15) is 0 Å². The minimum atomic E-state index is 0.333. The van der Waals surface area contributed by atoms with Gasteiger partial charge in [0.25, 0.3) is 0 Å². The second-order valence-corrected chi connectivity index (χ2v) is 6.21. The summed E-state index contributed by atoms with van der Waals surface area (Å²) < 4.78 is 0. The summed E-state index contributed by atoms with van der Waals surface area (Å²) in [5, 5.41) is 3.56. The molecule has 1 aliphatic carbocycles. The third-order valence-corrected chi connectivity index (χ3v) is 4.68. The Hall–Kier alpha value is -0.0800. The summed E-state index contributed by atoms with van der Waals surface area (Å²) in [4.78, 5) is 2.68. The smallest absolute Gasteiger partial charge is 0.0306 e. The van der Waals surface area contributed by atoms with Crippen LogP contribution in [0.4, 0.5) is 0 Å². The quantitative estimate of drug-likeness (QED) is 0.746. The van der Waals surface area contributed by atoms with Gasteiger partial charge in [0.15, 0.2) is 0 Å². The lowest BCUT2D eigenvalue weighted by Crippen LogP contribution is -2.56. The number of nitrogens with one attached hydrogen (secondary N) is 1. The molecule has 2 aliphatic rings. The molecule has 0 aromatic rings. The van der Waals surface area contributed by atoms with E-state index in [1.165, 1.54) is 51.6 Å². The summed E-state index contributed by atoms with van der Waals surface area (Å²) in [6, 6.07) is 0.659. The van der Waals surface area contributed by atoms with E-state index in [0.29, 0.717) is 11.6 Å². The summed E-state index contributed by atoms with van der Waals surface area (Å²) in [6.07, 6.45) is 8.54. The van der Waals surface area contributed by atoms with Gasteiger partial charge in [-0.2, -0.15) is 0 Å². The van der Waals surface area contributed by atoms with Crippen LogP contribution in [0.1, 0.15) is 52.4 Å². The van der Waals surface area contributed by atoms with Gasteiger partial charge in [0, 0.05) is 11.6 Å². The third kappa shape index (κ3) is 2.78. The monoisotopic (exact) mass is 224 g/mol. The first-order valence-electron chi connectivity index (χ1n) is 7.07. The Kier molecular flexibility index (Phi) is 3.91. The highest BCUT2D eigenvalue weighted by Crippen LogP contribution is 2.36. The molecular formula is C14H28N2. The van der Waals surface area contributed by atoms with E-state index in [9.17, 15) is 0 Å². The van der Waals surface area contributed by atoms with E-state index in [4.69, 9.17) is 0 Å². The van der Waals surface area contributed by atoms with Crippen LogP contribution < -0.4 is 5.32 Å². The summed E-state index contributed by atoms with van der Waals surface area (Å²) in [5.74, 6) is 1.06. The molecule has 2 heteroatoms. The van der Waals surface area contributed by atoms with Crippen LogP contribution in [-0.4, -0.2) is 36.6 Å². The van der Waals surface area contributed by atoms with Crippen LogP contribution in [0, 0.1) is 5.92 Å². The molecule has 0 bridgehead atoms. The summed E-state index contributed by atoms with van der Waals surface area (Å²) in [5.41, 5.74) is 0.333. The number of nitrogens with zero attached hydrogens (tertiary/aromatic N) is 1. The zero-order chi connectivity index (χ0) is 11.6. The highest BCUT2D eigenvalue weighted by Gasteiger charge is 2.36. The van der Waals surface area contributed by atoms with Gasteiger partial charge in [-0.15, -0.1) is 0 Å². The lowest BCUT2D eigenvalue weighted by Gasteiger charge is -2.42. The number of hydrogen-bond acceptors (Lipinski definition) is 2. The van der Waals surface area contributed by atoms with Crippen LogP contribution in [0.15, 0.2) is 0 Å². The maximum Gasteiger partial charge on any atom is 0.0306 e. The van der Waals surface area contributed by atoms with Crippen LogP contribution in [0.25, 0.3) is 0 Å². The molecule has 1 heterocycles. The fourth-order valence-corrected chi connectivity index (χ4v) is 3.17. The topological polar surface area (TPSA) is 15.3 Å². The minimum Gasteiger partial charge on any atom is -0.315 e. The Morgan fingerprint density at radius 1 is 1.25 bits per heavy atom. The lowest BCUT2D eigenvalue weighted by atomic mass is 9.88. The molecule has 1 aliphatic heterocycles. The molecule has 0 spiro atoms. The van der Waals surface area contributed by atoms with E-state index < -0.39 is 0 Å². The maximum atomic E-state index is 3.56. The Labute approximate surface area is 101 Å².